The standard InChI is InChI=1S/C13H15N5O4/c1-21-6-7-22-13-11(18(19)20)12(16-9-17-13)15-8-10-4-2-3-5-14-10/h2-5,9H,6-8H2,1H3,(H,15,16,17). The van der Waals surface area contributed by atoms with E-state index in [1.807, 2.05) is 6.07 Å². The van der Waals surface area contributed by atoms with E-state index < -0.39 is 4.92 Å². The molecule has 9 nitrogen and oxygen atoms in total. The molecule has 2 rings (SSSR count). The van der Waals surface area contributed by atoms with E-state index in [0.29, 0.717) is 13.2 Å². The van der Waals surface area contributed by atoms with Crippen molar-refractivity contribution in [3.8, 4) is 5.88 Å². The van der Waals surface area contributed by atoms with Crippen LogP contribution in [0.4, 0.5) is 11.5 Å². The second-order valence-electron chi connectivity index (χ2n) is 4.15. The minimum absolute atomic E-state index is 0.0815. The van der Waals surface area contributed by atoms with Crippen molar-refractivity contribution in [2.45, 2.75) is 6.54 Å². The maximum Gasteiger partial charge on any atom is 0.372 e. The molecule has 0 saturated heterocycles. The summed E-state index contributed by atoms with van der Waals surface area (Å²) in [6.07, 6.45) is 2.85. The Balaban J connectivity index is 2.15. The van der Waals surface area contributed by atoms with Crippen LogP contribution >= 0.6 is 0 Å². The van der Waals surface area contributed by atoms with Gasteiger partial charge in [0.1, 0.15) is 12.9 Å². The summed E-state index contributed by atoms with van der Waals surface area (Å²) >= 11 is 0. The Morgan fingerprint density at radius 3 is 2.82 bits per heavy atom. The normalized spacial score (nSPS) is 10.2. The van der Waals surface area contributed by atoms with E-state index in [0.717, 1.165) is 5.69 Å². The van der Waals surface area contributed by atoms with Crippen LogP contribution in [0.15, 0.2) is 30.7 Å². The third-order valence-corrected chi connectivity index (χ3v) is 2.66. The molecule has 0 unspecified atom stereocenters. The molecule has 0 aromatic carbocycles. The molecule has 2 aromatic heterocycles. The van der Waals surface area contributed by atoms with E-state index in [4.69, 9.17) is 9.47 Å². The van der Waals surface area contributed by atoms with Crippen LogP contribution in [0.1, 0.15) is 5.69 Å². The lowest BCUT2D eigenvalue weighted by Crippen LogP contribution is -2.11. The van der Waals surface area contributed by atoms with Gasteiger partial charge in [-0.3, -0.25) is 15.1 Å². The average molecular weight is 305 g/mol. The second kappa shape index (κ2) is 7.84. The number of nitrogens with one attached hydrogen (secondary N) is 1. The molecule has 0 aliphatic rings. The Kier molecular flexibility index (Phi) is 5.55. The fourth-order valence-electron chi connectivity index (χ4n) is 1.66. The fraction of sp³-hybridized carbons (Fsp3) is 0.308. The zero-order valence-corrected chi connectivity index (χ0v) is 11.9. The number of anilines is 1. The summed E-state index contributed by atoms with van der Waals surface area (Å²) in [6.45, 7) is 0.766. The largest absolute Gasteiger partial charge is 0.470 e. The molecule has 1 N–H and O–H groups in total. The van der Waals surface area contributed by atoms with Crippen LogP contribution in [0.25, 0.3) is 0 Å². The fourth-order valence-corrected chi connectivity index (χ4v) is 1.66. The molecular formula is C13H15N5O4. The molecule has 0 radical (unpaired) electrons. The highest BCUT2D eigenvalue weighted by Gasteiger charge is 2.24. The summed E-state index contributed by atoms with van der Waals surface area (Å²) in [5, 5.41) is 14.1. The third kappa shape index (κ3) is 4.09. The van der Waals surface area contributed by atoms with Crippen molar-refractivity contribution in [2.24, 2.45) is 0 Å². The first-order chi connectivity index (χ1) is 10.7. The van der Waals surface area contributed by atoms with Crippen molar-refractivity contribution < 1.29 is 14.4 Å². The molecule has 0 atom stereocenters. The van der Waals surface area contributed by atoms with Crippen LogP contribution < -0.4 is 10.1 Å². The van der Waals surface area contributed by atoms with Crippen LogP contribution in [0.2, 0.25) is 0 Å². The Bertz CT molecular complexity index is 623. The first-order valence-corrected chi connectivity index (χ1v) is 6.47. The summed E-state index contributed by atoms with van der Waals surface area (Å²) in [7, 11) is 1.51. The van der Waals surface area contributed by atoms with Crippen LogP contribution in [0, 0.1) is 10.1 Å². The lowest BCUT2D eigenvalue weighted by atomic mass is 10.3. The first kappa shape index (κ1) is 15.6. The van der Waals surface area contributed by atoms with Gasteiger partial charge >= 0.3 is 5.69 Å². The topological polar surface area (TPSA) is 112 Å². The van der Waals surface area contributed by atoms with Gasteiger partial charge in [-0.1, -0.05) is 6.07 Å². The molecule has 0 fully saturated rings. The number of pyridine rings is 1. The van der Waals surface area contributed by atoms with Gasteiger partial charge in [0.25, 0.3) is 5.88 Å². The number of hydrogen-bond acceptors (Lipinski definition) is 8. The lowest BCUT2D eigenvalue weighted by Gasteiger charge is -2.09. The molecule has 0 amide bonds. The lowest BCUT2D eigenvalue weighted by molar-refractivity contribution is -0.385. The second-order valence-corrected chi connectivity index (χ2v) is 4.15. The molecular weight excluding hydrogens is 290 g/mol. The van der Waals surface area contributed by atoms with Crippen molar-refractivity contribution in [2.75, 3.05) is 25.6 Å². The minimum atomic E-state index is -0.580. The molecule has 0 bridgehead atoms. The summed E-state index contributed by atoms with van der Waals surface area (Å²) in [5.41, 5.74) is 0.423. The van der Waals surface area contributed by atoms with Crippen LogP contribution in [0.5, 0.6) is 5.88 Å². The SMILES string of the molecule is COCCOc1ncnc(NCc2ccccn2)c1[N+](=O)[O-]. The molecule has 2 heterocycles. The van der Waals surface area contributed by atoms with Gasteiger partial charge in [-0.05, 0) is 12.1 Å². The van der Waals surface area contributed by atoms with Crippen molar-refractivity contribution in [3.05, 3.63) is 46.5 Å². The molecule has 116 valence electrons. The Morgan fingerprint density at radius 1 is 1.27 bits per heavy atom. The van der Waals surface area contributed by atoms with E-state index in [1.54, 1.807) is 18.3 Å². The number of aromatic nitrogens is 3. The monoisotopic (exact) mass is 305 g/mol. The third-order valence-electron chi connectivity index (χ3n) is 2.66. The summed E-state index contributed by atoms with van der Waals surface area (Å²) in [5.74, 6) is -0.0151. The number of ether oxygens (including phenoxy) is 2. The molecule has 0 spiro atoms. The summed E-state index contributed by atoms with van der Waals surface area (Å²) < 4.78 is 10.1. The van der Waals surface area contributed by atoms with Gasteiger partial charge in [0.2, 0.25) is 5.82 Å². The molecule has 0 aliphatic heterocycles. The molecule has 22 heavy (non-hydrogen) atoms. The van der Waals surface area contributed by atoms with Crippen molar-refractivity contribution in [1.29, 1.82) is 0 Å². The quantitative estimate of drug-likeness (QED) is 0.442. The summed E-state index contributed by atoms with van der Waals surface area (Å²) in [4.78, 5) is 22.5. The van der Waals surface area contributed by atoms with Gasteiger partial charge in [-0.2, -0.15) is 4.98 Å². The van der Waals surface area contributed by atoms with Crippen LogP contribution in [-0.2, 0) is 11.3 Å². The van der Waals surface area contributed by atoms with Gasteiger partial charge in [0.15, 0.2) is 0 Å². The molecule has 2 aromatic rings. The van der Waals surface area contributed by atoms with E-state index in [-0.39, 0.29) is 24.0 Å². The number of nitrogens with zero attached hydrogens (tertiary/aromatic N) is 4. The smallest absolute Gasteiger partial charge is 0.372 e. The van der Waals surface area contributed by atoms with E-state index in [2.05, 4.69) is 20.3 Å². The van der Waals surface area contributed by atoms with Gasteiger partial charge < -0.3 is 14.8 Å². The van der Waals surface area contributed by atoms with Crippen molar-refractivity contribution in [3.63, 3.8) is 0 Å². The number of nitro groups is 1. The van der Waals surface area contributed by atoms with Crippen molar-refractivity contribution >= 4 is 11.5 Å². The molecule has 9 heteroatoms. The van der Waals surface area contributed by atoms with Crippen molar-refractivity contribution in [1.82, 2.24) is 15.0 Å². The van der Waals surface area contributed by atoms with Gasteiger partial charge in [0.05, 0.1) is 23.8 Å². The van der Waals surface area contributed by atoms with E-state index >= 15 is 0 Å². The van der Waals surface area contributed by atoms with Gasteiger partial charge in [-0.15, -0.1) is 0 Å². The number of methoxy groups -OCH3 is 1. The average Bonchev–Trinajstić information content (AvgIpc) is 2.54. The van der Waals surface area contributed by atoms with Gasteiger partial charge in [0, 0.05) is 13.3 Å². The zero-order chi connectivity index (χ0) is 15.8. The van der Waals surface area contributed by atoms with Crippen LogP contribution in [0.3, 0.4) is 0 Å². The highest BCUT2D eigenvalue weighted by Crippen LogP contribution is 2.30. The predicted octanol–water partition coefficient (Wildman–Crippen LogP) is 1.42. The Morgan fingerprint density at radius 2 is 2.14 bits per heavy atom. The minimum Gasteiger partial charge on any atom is -0.470 e. The number of hydrogen-bond donors (Lipinski definition) is 1. The van der Waals surface area contributed by atoms with Gasteiger partial charge in [-0.25, -0.2) is 4.98 Å². The zero-order valence-electron chi connectivity index (χ0n) is 11.9. The predicted molar refractivity (Wildman–Crippen MR) is 77.6 cm³/mol. The number of rotatable bonds is 8. The summed E-state index contributed by atoms with van der Waals surface area (Å²) in [6, 6.07) is 5.42. The molecule has 0 aliphatic carbocycles. The Labute approximate surface area is 126 Å². The van der Waals surface area contributed by atoms with E-state index in [9.17, 15) is 10.1 Å². The Hall–Kier alpha value is -2.81. The highest BCUT2D eigenvalue weighted by atomic mass is 16.6. The van der Waals surface area contributed by atoms with E-state index in [1.165, 1.54) is 13.4 Å². The van der Waals surface area contributed by atoms with Crippen LogP contribution in [-0.4, -0.2) is 40.2 Å². The maximum atomic E-state index is 11.2. The highest BCUT2D eigenvalue weighted by molar-refractivity contribution is 5.61. The maximum absolute atomic E-state index is 11.2. The molecule has 0 saturated carbocycles. The first-order valence-electron chi connectivity index (χ1n) is 6.47.